The average molecular weight is 358 g/mol. The number of β-lactam (4-membered cyclic amide) rings is 1. The van der Waals surface area contributed by atoms with Gasteiger partial charge in [-0.3, -0.25) is 9.59 Å². The van der Waals surface area contributed by atoms with Crippen molar-refractivity contribution in [3.63, 3.8) is 0 Å². The van der Waals surface area contributed by atoms with Crippen LogP contribution in [0.2, 0.25) is 18.1 Å². The van der Waals surface area contributed by atoms with Gasteiger partial charge in [0.15, 0.2) is 8.32 Å². The summed E-state index contributed by atoms with van der Waals surface area (Å²) < 4.78 is 17.0. The highest BCUT2D eigenvalue weighted by Gasteiger charge is 2.53. The highest BCUT2D eigenvalue weighted by Crippen LogP contribution is 2.40. The molecule has 24 heavy (non-hydrogen) atoms. The molecule has 0 spiro atoms. The number of amides is 1. The summed E-state index contributed by atoms with van der Waals surface area (Å²) in [6.45, 7) is 15.2. The molecule has 2 fully saturated rings. The number of esters is 1. The van der Waals surface area contributed by atoms with Gasteiger partial charge in [-0.05, 0) is 25.1 Å². The molecule has 0 radical (unpaired) electrons. The molecule has 1 N–H and O–H groups in total. The number of rotatable bonds is 7. The topological polar surface area (TPSA) is 77.2 Å². The number of epoxide rings is 1. The van der Waals surface area contributed by atoms with E-state index in [1.165, 1.54) is 6.92 Å². The van der Waals surface area contributed by atoms with E-state index in [2.05, 4.69) is 39.2 Å². The van der Waals surface area contributed by atoms with Crippen molar-refractivity contribution in [1.29, 1.82) is 0 Å². The van der Waals surface area contributed by atoms with Crippen LogP contribution in [0.25, 0.3) is 0 Å². The van der Waals surface area contributed by atoms with Crippen LogP contribution in [0, 0.1) is 11.8 Å². The first kappa shape index (κ1) is 19.4. The molecule has 2 saturated heterocycles. The second kappa shape index (κ2) is 6.76. The number of ether oxygens (including phenoxy) is 2. The summed E-state index contributed by atoms with van der Waals surface area (Å²) in [5, 5.41) is 3.06. The lowest BCUT2D eigenvalue weighted by Crippen LogP contribution is -2.67. The summed E-state index contributed by atoms with van der Waals surface area (Å²) in [6, 6.07) is -0.0656. The van der Waals surface area contributed by atoms with Crippen LogP contribution >= 0.6 is 0 Å². The van der Waals surface area contributed by atoms with E-state index in [4.69, 9.17) is 13.9 Å². The number of carbonyl (C=O) groups excluding carboxylic acids is 2. The maximum absolute atomic E-state index is 12.2. The molecule has 0 unspecified atom stereocenters. The van der Waals surface area contributed by atoms with Crippen molar-refractivity contribution in [3.8, 4) is 0 Å². The van der Waals surface area contributed by atoms with Crippen molar-refractivity contribution in [2.75, 3.05) is 13.2 Å². The van der Waals surface area contributed by atoms with Crippen LogP contribution in [0.1, 0.15) is 34.6 Å². The van der Waals surface area contributed by atoms with Crippen molar-refractivity contribution >= 4 is 20.2 Å². The fourth-order valence-electron chi connectivity index (χ4n) is 2.97. The van der Waals surface area contributed by atoms with Gasteiger partial charge in [0, 0.05) is 12.8 Å². The Hall–Kier alpha value is -0.923. The summed E-state index contributed by atoms with van der Waals surface area (Å²) >= 11 is 0. The van der Waals surface area contributed by atoms with Crippen LogP contribution in [-0.2, 0) is 23.5 Å². The van der Waals surface area contributed by atoms with Crippen LogP contribution in [0.4, 0.5) is 0 Å². The van der Waals surface area contributed by atoms with E-state index in [1.54, 1.807) is 0 Å². The molecule has 138 valence electrons. The molecule has 2 rings (SSSR count). The molecule has 0 aromatic rings. The first-order valence-corrected chi connectivity index (χ1v) is 11.6. The van der Waals surface area contributed by atoms with Gasteiger partial charge in [0.1, 0.15) is 0 Å². The van der Waals surface area contributed by atoms with E-state index in [-0.39, 0.29) is 53.6 Å². The van der Waals surface area contributed by atoms with Gasteiger partial charge >= 0.3 is 5.97 Å². The normalized spacial score (nSPS) is 29.3. The predicted molar refractivity (Wildman–Crippen MR) is 93.0 cm³/mol. The quantitative estimate of drug-likeness (QED) is 0.327. The fourth-order valence-corrected chi connectivity index (χ4v) is 4.40. The Morgan fingerprint density at radius 3 is 2.42 bits per heavy atom. The molecular formula is C17H31NO5Si. The zero-order valence-corrected chi connectivity index (χ0v) is 16.8. The molecule has 7 heteroatoms. The standard InChI is InChI=1S/C17H31NO5Si/c1-10(23-24(6,7)17(3,4)5)14-15(18-16(14)20)12(13-9-22-13)8-21-11(2)19/h10,12-15H,8-9H2,1-7H3,(H,18,20)/t10-,12-,13+,14-,15-/m1/s1. The van der Waals surface area contributed by atoms with Gasteiger partial charge < -0.3 is 19.2 Å². The van der Waals surface area contributed by atoms with Crippen molar-refractivity contribution in [2.24, 2.45) is 11.8 Å². The smallest absolute Gasteiger partial charge is 0.302 e. The van der Waals surface area contributed by atoms with E-state index in [1.807, 2.05) is 6.92 Å². The molecule has 1 amide bonds. The Kier molecular flexibility index (Phi) is 5.47. The van der Waals surface area contributed by atoms with E-state index in [0.717, 1.165) is 0 Å². The van der Waals surface area contributed by atoms with Crippen LogP contribution in [0.5, 0.6) is 0 Å². The molecule has 6 nitrogen and oxygen atoms in total. The minimum Gasteiger partial charge on any atom is -0.465 e. The summed E-state index contributed by atoms with van der Waals surface area (Å²) in [5.41, 5.74) is 0. The second-order valence-electron chi connectivity index (χ2n) is 8.48. The molecule has 0 saturated carbocycles. The molecular weight excluding hydrogens is 326 g/mol. The Balaban J connectivity index is 2.04. The molecule has 0 aromatic heterocycles. The van der Waals surface area contributed by atoms with Gasteiger partial charge in [0.25, 0.3) is 0 Å². The molecule has 2 aliphatic heterocycles. The SMILES string of the molecule is CC(=O)OC[C@@H]([C@H]1NC(=O)[C@@H]1[C@@H](C)O[Si](C)(C)C(C)(C)C)[C@@H]1CO1. The largest absolute Gasteiger partial charge is 0.465 e. The monoisotopic (exact) mass is 357 g/mol. The Morgan fingerprint density at radius 1 is 1.42 bits per heavy atom. The Labute approximate surface area is 145 Å². The second-order valence-corrected chi connectivity index (χ2v) is 13.2. The molecule has 0 aliphatic carbocycles. The lowest BCUT2D eigenvalue weighted by Gasteiger charge is -2.47. The maximum atomic E-state index is 12.2. The highest BCUT2D eigenvalue weighted by molar-refractivity contribution is 6.74. The molecule has 0 bridgehead atoms. The van der Waals surface area contributed by atoms with Crippen LogP contribution < -0.4 is 5.32 Å². The van der Waals surface area contributed by atoms with Crippen molar-refractivity contribution in [2.45, 2.75) is 71.0 Å². The molecule has 5 atom stereocenters. The number of hydrogen-bond donors (Lipinski definition) is 1. The number of carbonyl (C=O) groups is 2. The summed E-state index contributed by atoms with van der Waals surface area (Å²) in [4.78, 5) is 23.3. The molecule has 2 aliphatic rings. The Morgan fingerprint density at radius 2 is 2.00 bits per heavy atom. The Bertz CT molecular complexity index is 498. The van der Waals surface area contributed by atoms with Gasteiger partial charge in [0.05, 0.1) is 37.4 Å². The number of hydrogen-bond acceptors (Lipinski definition) is 5. The third-order valence-electron chi connectivity index (χ3n) is 5.57. The van der Waals surface area contributed by atoms with Crippen LogP contribution in [0.3, 0.4) is 0 Å². The number of nitrogens with one attached hydrogen (secondary N) is 1. The third-order valence-corrected chi connectivity index (χ3v) is 10.1. The minimum atomic E-state index is -1.95. The zero-order valence-electron chi connectivity index (χ0n) is 15.8. The lowest BCUT2D eigenvalue weighted by atomic mass is 9.77. The molecule has 2 heterocycles. The summed E-state index contributed by atoms with van der Waals surface area (Å²) in [6.07, 6.45) is -0.110. The van der Waals surface area contributed by atoms with E-state index in [0.29, 0.717) is 6.61 Å². The van der Waals surface area contributed by atoms with Crippen LogP contribution in [0.15, 0.2) is 0 Å². The van der Waals surface area contributed by atoms with Crippen molar-refractivity contribution in [3.05, 3.63) is 0 Å². The maximum Gasteiger partial charge on any atom is 0.302 e. The first-order chi connectivity index (χ1) is 10.9. The zero-order chi connectivity index (χ0) is 18.3. The van der Waals surface area contributed by atoms with E-state index in [9.17, 15) is 9.59 Å². The van der Waals surface area contributed by atoms with Gasteiger partial charge in [-0.1, -0.05) is 20.8 Å². The van der Waals surface area contributed by atoms with Gasteiger partial charge in [-0.25, -0.2) is 0 Å². The fraction of sp³-hybridized carbons (Fsp3) is 0.882. The van der Waals surface area contributed by atoms with Crippen molar-refractivity contribution in [1.82, 2.24) is 5.32 Å². The third kappa shape index (κ3) is 4.18. The van der Waals surface area contributed by atoms with E-state index >= 15 is 0 Å². The van der Waals surface area contributed by atoms with Gasteiger partial charge in [-0.2, -0.15) is 0 Å². The first-order valence-electron chi connectivity index (χ1n) is 8.67. The predicted octanol–water partition coefficient (Wildman–Crippen LogP) is 2.09. The van der Waals surface area contributed by atoms with Gasteiger partial charge in [-0.15, -0.1) is 0 Å². The average Bonchev–Trinajstić information content (AvgIpc) is 3.19. The molecule has 0 aromatic carbocycles. The summed E-state index contributed by atoms with van der Waals surface area (Å²) in [7, 11) is -1.95. The summed E-state index contributed by atoms with van der Waals surface area (Å²) in [5.74, 6) is -0.529. The van der Waals surface area contributed by atoms with Crippen LogP contribution in [-0.4, -0.2) is 51.7 Å². The highest BCUT2D eigenvalue weighted by atomic mass is 28.4. The van der Waals surface area contributed by atoms with Crippen molar-refractivity contribution < 1.29 is 23.5 Å². The van der Waals surface area contributed by atoms with Gasteiger partial charge in [0.2, 0.25) is 5.91 Å². The lowest BCUT2D eigenvalue weighted by molar-refractivity contribution is -0.148. The minimum absolute atomic E-state index is 0.0120. The van der Waals surface area contributed by atoms with E-state index < -0.39 is 8.32 Å².